The molecule has 0 saturated carbocycles. The third-order valence-corrected chi connectivity index (χ3v) is 3.75. The Labute approximate surface area is 140 Å². The highest BCUT2D eigenvalue weighted by molar-refractivity contribution is 5.72. The predicted molar refractivity (Wildman–Crippen MR) is 89.6 cm³/mol. The van der Waals surface area contributed by atoms with Gasteiger partial charge in [0.25, 0.3) is 0 Å². The molecule has 0 atom stereocenters. The molecule has 0 spiro atoms. The van der Waals surface area contributed by atoms with Gasteiger partial charge >= 0.3 is 11.9 Å². The maximum Gasteiger partial charge on any atom is 0.355 e. The number of carbonyl (C=O) groups is 2. The largest absolute Gasteiger partial charge is 0.396 e. The molecule has 1 N–H and O–H groups in total. The van der Waals surface area contributed by atoms with E-state index in [1.54, 1.807) is 0 Å². The van der Waals surface area contributed by atoms with E-state index in [1.165, 1.54) is 38.5 Å². The molecule has 23 heavy (non-hydrogen) atoms. The van der Waals surface area contributed by atoms with E-state index in [-0.39, 0.29) is 13.0 Å². The van der Waals surface area contributed by atoms with E-state index in [4.69, 9.17) is 5.11 Å². The van der Waals surface area contributed by atoms with Crippen molar-refractivity contribution in [1.82, 2.24) is 0 Å². The van der Waals surface area contributed by atoms with Gasteiger partial charge in [0.15, 0.2) is 0 Å². The Hall–Kier alpha value is -1.10. The summed E-state index contributed by atoms with van der Waals surface area (Å²) in [5, 5.41) is 8.61. The minimum Gasteiger partial charge on any atom is -0.396 e. The fourth-order valence-electron chi connectivity index (χ4n) is 2.31. The lowest BCUT2D eigenvalue weighted by molar-refractivity contribution is -0.259. The van der Waals surface area contributed by atoms with Crippen LogP contribution in [0.1, 0.15) is 96.8 Å². The first-order valence-corrected chi connectivity index (χ1v) is 9.21. The molecule has 0 aromatic carbocycles. The Kier molecular flexibility index (Phi) is 16.4. The van der Waals surface area contributed by atoms with Gasteiger partial charge < -0.3 is 5.11 Å². The van der Waals surface area contributed by atoms with Crippen molar-refractivity contribution in [2.45, 2.75) is 96.8 Å². The number of carbonyl (C=O) groups excluding carboxylic acids is 2. The first-order valence-electron chi connectivity index (χ1n) is 9.21. The summed E-state index contributed by atoms with van der Waals surface area (Å²) in [5.41, 5.74) is 0. The van der Waals surface area contributed by atoms with Crippen molar-refractivity contribution >= 4 is 11.9 Å². The topological polar surface area (TPSA) is 72.8 Å². The first kappa shape index (κ1) is 21.9. The number of aliphatic hydroxyl groups excluding tert-OH is 1. The van der Waals surface area contributed by atoms with Gasteiger partial charge in [-0.15, -0.1) is 0 Å². The highest BCUT2D eigenvalue weighted by Gasteiger charge is 2.09. The Bertz CT molecular complexity index is 291. The summed E-state index contributed by atoms with van der Waals surface area (Å²) in [5.74, 6) is -1.000. The molecule has 0 aliphatic rings. The Balaban J connectivity index is 3.31. The minimum atomic E-state index is -0.525. The summed E-state index contributed by atoms with van der Waals surface area (Å²) in [7, 11) is 0. The Morgan fingerprint density at radius 3 is 1.48 bits per heavy atom. The second-order valence-electron chi connectivity index (χ2n) is 6.02. The Morgan fingerprint density at radius 2 is 1.04 bits per heavy atom. The van der Waals surface area contributed by atoms with Crippen LogP contribution in [0.15, 0.2) is 0 Å². The summed E-state index contributed by atoms with van der Waals surface area (Å²) in [6, 6.07) is 0. The van der Waals surface area contributed by atoms with Crippen molar-refractivity contribution < 1.29 is 24.5 Å². The van der Waals surface area contributed by atoms with Crippen LogP contribution >= 0.6 is 0 Å². The van der Waals surface area contributed by atoms with Crippen LogP contribution in [0, 0.1) is 0 Å². The van der Waals surface area contributed by atoms with Crippen molar-refractivity contribution in [3.63, 3.8) is 0 Å². The maximum atomic E-state index is 11.4. The second kappa shape index (κ2) is 17.3. The van der Waals surface area contributed by atoms with E-state index in [9.17, 15) is 9.59 Å². The third kappa shape index (κ3) is 17.1. The van der Waals surface area contributed by atoms with Gasteiger partial charge in [-0.05, 0) is 19.3 Å². The standard InChI is InChI=1S/C18H34O5/c1-2-3-4-5-6-7-8-9-11-14-17(20)22-23-18(21)15-12-10-13-16-19/h19H,2-16H2,1H3. The van der Waals surface area contributed by atoms with E-state index in [0.717, 1.165) is 25.7 Å². The summed E-state index contributed by atoms with van der Waals surface area (Å²) in [6.45, 7) is 2.34. The molecule has 136 valence electrons. The van der Waals surface area contributed by atoms with Crippen molar-refractivity contribution in [2.24, 2.45) is 0 Å². The van der Waals surface area contributed by atoms with Gasteiger partial charge in [-0.3, -0.25) is 0 Å². The van der Waals surface area contributed by atoms with Crippen molar-refractivity contribution in [3.8, 4) is 0 Å². The minimum absolute atomic E-state index is 0.128. The maximum absolute atomic E-state index is 11.4. The molecule has 0 unspecified atom stereocenters. The average molecular weight is 330 g/mol. The lowest BCUT2D eigenvalue weighted by Gasteiger charge is -2.04. The van der Waals surface area contributed by atoms with Gasteiger partial charge in [-0.1, -0.05) is 64.7 Å². The lowest BCUT2D eigenvalue weighted by atomic mass is 10.1. The normalized spacial score (nSPS) is 10.5. The molecule has 0 heterocycles. The molecule has 0 fully saturated rings. The van der Waals surface area contributed by atoms with Gasteiger partial charge in [-0.2, -0.15) is 0 Å². The van der Waals surface area contributed by atoms with Crippen LogP contribution in [-0.4, -0.2) is 23.7 Å². The van der Waals surface area contributed by atoms with E-state index in [1.807, 2.05) is 0 Å². The molecule has 5 heteroatoms. The Morgan fingerprint density at radius 1 is 0.652 bits per heavy atom. The molecule has 0 aromatic heterocycles. The SMILES string of the molecule is CCCCCCCCCCCC(=O)OOC(=O)CCCCCO. The molecule has 0 amide bonds. The number of hydrogen-bond donors (Lipinski definition) is 1. The molecular weight excluding hydrogens is 296 g/mol. The molecule has 0 aliphatic heterocycles. The molecule has 5 nitrogen and oxygen atoms in total. The average Bonchev–Trinajstić information content (AvgIpc) is 2.55. The van der Waals surface area contributed by atoms with Crippen LogP contribution < -0.4 is 0 Å². The van der Waals surface area contributed by atoms with Gasteiger partial charge in [0.1, 0.15) is 0 Å². The lowest BCUT2D eigenvalue weighted by Crippen LogP contribution is -2.11. The monoisotopic (exact) mass is 330 g/mol. The van der Waals surface area contributed by atoms with Crippen molar-refractivity contribution in [3.05, 3.63) is 0 Å². The smallest absolute Gasteiger partial charge is 0.355 e. The van der Waals surface area contributed by atoms with Crippen LogP contribution in [0.25, 0.3) is 0 Å². The number of hydrogen-bond acceptors (Lipinski definition) is 5. The van der Waals surface area contributed by atoms with Gasteiger partial charge in [0.05, 0.1) is 12.8 Å². The molecular formula is C18H34O5. The van der Waals surface area contributed by atoms with E-state index in [0.29, 0.717) is 19.3 Å². The van der Waals surface area contributed by atoms with E-state index < -0.39 is 11.9 Å². The van der Waals surface area contributed by atoms with Crippen molar-refractivity contribution in [2.75, 3.05) is 6.61 Å². The van der Waals surface area contributed by atoms with E-state index in [2.05, 4.69) is 16.7 Å². The summed E-state index contributed by atoms with van der Waals surface area (Å²) < 4.78 is 0. The predicted octanol–water partition coefficient (Wildman–Crippen LogP) is 4.46. The zero-order chi connectivity index (χ0) is 17.2. The molecule has 0 aliphatic carbocycles. The van der Waals surface area contributed by atoms with Crippen molar-refractivity contribution in [1.29, 1.82) is 0 Å². The highest BCUT2D eigenvalue weighted by atomic mass is 17.2. The van der Waals surface area contributed by atoms with Gasteiger partial charge in [0.2, 0.25) is 0 Å². The second-order valence-corrected chi connectivity index (χ2v) is 6.02. The first-order chi connectivity index (χ1) is 11.2. The fraction of sp³-hybridized carbons (Fsp3) is 0.889. The fourth-order valence-corrected chi connectivity index (χ4v) is 2.31. The van der Waals surface area contributed by atoms with E-state index >= 15 is 0 Å². The number of unbranched alkanes of at least 4 members (excludes halogenated alkanes) is 10. The third-order valence-electron chi connectivity index (χ3n) is 3.75. The molecule has 0 radical (unpaired) electrons. The molecule has 0 bridgehead atoms. The van der Waals surface area contributed by atoms with Crippen LogP contribution in [0.3, 0.4) is 0 Å². The van der Waals surface area contributed by atoms with Crippen LogP contribution in [0.4, 0.5) is 0 Å². The zero-order valence-electron chi connectivity index (χ0n) is 14.7. The number of rotatable bonds is 15. The zero-order valence-corrected chi connectivity index (χ0v) is 14.7. The summed E-state index contributed by atoms with van der Waals surface area (Å²) in [6.07, 6.45) is 13.3. The van der Waals surface area contributed by atoms with Crippen LogP contribution in [0.5, 0.6) is 0 Å². The molecule has 0 saturated heterocycles. The number of aliphatic hydroxyl groups is 1. The quantitative estimate of drug-likeness (QED) is 0.272. The summed E-state index contributed by atoms with van der Waals surface area (Å²) in [4.78, 5) is 31.6. The highest BCUT2D eigenvalue weighted by Crippen LogP contribution is 2.11. The van der Waals surface area contributed by atoms with Crippen LogP contribution in [-0.2, 0) is 19.4 Å². The molecule has 0 rings (SSSR count). The van der Waals surface area contributed by atoms with Crippen LogP contribution in [0.2, 0.25) is 0 Å². The summed E-state index contributed by atoms with van der Waals surface area (Å²) >= 11 is 0. The molecule has 0 aromatic rings. The van der Waals surface area contributed by atoms with Gasteiger partial charge in [0, 0.05) is 6.61 Å². The van der Waals surface area contributed by atoms with Gasteiger partial charge in [-0.25, -0.2) is 19.4 Å².